The molecule has 0 spiro atoms. The lowest BCUT2D eigenvalue weighted by atomic mass is 10.1. The predicted molar refractivity (Wildman–Crippen MR) is 73.2 cm³/mol. The van der Waals surface area contributed by atoms with Gasteiger partial charge in [0.15, 0.2) is 0 Å². The van der Waals surface area contributed by atoms with Crippen molar-refractivity contribution in [1.29, 1.82) is 5.26 Å². The predicted octanol–water partition coefficient (Wildman–Crippen LogP) is 2.19. The minimum atomic E-state index is 0.549. The number of H-pyrrole nitrogens is 1. The molecule has 5 heteroatoms. The zero-order valence-electron chi connectivity index (χ0n) is 11.2. The smallest absolute Gasteiger partial charge is 0.101 e. The summed E-state index contributed by atoms with van der Waals surface area (Å²) < 4.78 is 0. The van der Waals surface area contributed by atoms with Crippen LogP contribution in [0.1, 0.15) is 24.5 Å². The zero-order chi connectivity index (χ0) is 13.7. The molecule has 2 aromatic rings. The lowest BCUT2D eigenvalue weighted by molar-refractivity contribution is 0.328. The van der Waals surface area contributed by atoms with Crippen molar-refractivity contribution >= 4 is 0 Å². The third kappa shape index (κ3) is 3.18. The normalized spacial score (nSPS) is 10.6. The first-order valence-corrected chi connectivity index (χ1v) is 6.31. The molecule has 0 fully saturated rings. The van der Waals surface area contributed by atoms with Crippen LogP contribution in [0.5, 0.6) is 0 Å². The Morgan fingerprint density at radius 1 is 1.42 bits per heavy atom. The van der Waals surface area contributed by atoms with Gasteiger partial charge in [-0.05, 0) is 26.1 Å². The largest absolute Gasteiger partial charge is 0.302 e. The summed E-state index contributed by atoms with van der Waals surface area (Å²) >= 11 is 0. The van der Waals surface area contributed by atoms with Crippen LogP contribution in [-0.4, -0.2) is 33.7 Å². The summed E-state index contributed by atoms with van der Waals surface area (Å²) in [7, 11) is 2.09. The van der Waals surface area contributed by atoms with Gasteiger partial charge in [0, 0.05) is 36.3 Å². The Labute approximate surface area is 112 Å². The van der Waals surface area contributed by atoms with Gasteiger partial charge >= 0.3 is 0 Å². The second-order valence-electron chi connectivity index (χ2n) is 4.57. The van der Waals surface area contributed by atoms with Crippen LogP contribution in [0.25, 0.3) is 11.3 Å². The van der Waals surface area contributed by atoms with Crippen molar-refractivity contribution in [2.24, 2.45) is 0 Å². The Bertz CT molecular complexity index is 582. The molecule has 1 N–H and O–H groups in total. The van der Waals surface area contributed by atoms with Crippen LogP contribution in [0.15, 0.2) is 24.7 Å². The summed E-state index contributed by atoms with van der Waals surface area (Å²) in [5.74, 6) is 0. The van der Waals surface area contributed by atoms with E-state index < -0.39 is 0 Å². The molecule has 19 heavy (non-hydrogen) atoms. The summed E-state index contributed by atoms with van der Waals surface area (Å²) in [6, 6.07) is 3.91. The fourth-order valence-corrected chi connectivity index (χ4v) is 2.07. The van der Waals surface area contributed by atoms with Crippen molar-refractivity contribution in [1.82, 2.24) is 20.1 Å². The van der Waals surface area contributed by atoms with Crippen LogP contribution in [-0.2, 0) is 6.54 Å². The second kappa shape index (κ2) is 6.12. The van der Waals surface area contributed by atoms with Gasteiger partial charge in [-0.1, -0.05) is 6.92 Å². The molecule has 0 aliphatic carbocycles. The number of hydrogen-bond acceptors (Lipinski definition) is 4. The number of hydrogen-bond donors (Lipinski definition) is 1. The van der Waals surface area contributed by atoms with Crippen molar-refractivity contribution in [3.8, 4) is 17.3 Å². The summed E-state index contributed by atoms with van der Waals surface area (Å²) in [4.78, 5) is 6.32. The van der Waals surface area contributed by atoms with E-state index in [9.17, 15) is 0 Å². The Morgan fingerprint density at radius 2 is 2.26 bits per heavy atom. The van der Waals surface area contributed by atoms with E-state index in [-0.39, 0.29) is 0 Å². The van der Waals surface area contributed by atoms with Crippen molar-refractivity contribution in [3.63, 3.8) is 0 Å². The van der Waals surface area contributed by atoms with Gasteiger partial charge in [0.2, 0.25) is 0 Å². The van der Waals surface area contributed by atoms with Crippen molar-refractivity contribution < 1.29 is 0 Å². The summed E-state index contributed by atoms with van der Waals surface area (Å²) in [6.07, 6.45) is 6.31. The van der Waals surface area contributed by atoms with Crippen molar-refractivity contribution in [2.45, 2.75) is 19.9 Å². The van der Waals surface area contributed by atoms with E-state index in [1.807, 2.05) is 12.3 Å². The van der Waals surface area contributed by atoms with E-state index in [2.05, 4.69) is 40.1 Å². The van der Waals surface area contributed by atoms with Crippen molar-refractivity contribution in [3.05, 3.63) is 35.8 Å². The van der Waals surface area contributed by atoms with E-state index in [4.69, 9.17) is 5.26 Å². The fourth-order valence-electron chi connectivity index (χ4n) is 2.07. The van der Waals surface area contributed by atoms with Gasteiger partial charge in [-0.25, -0.2) is 0 Å². The quantitative estimate of drug-likeness (QED) is 0.889. The monoisotopic (exact) mass is 255 g/mol. The fraction of sp³-hybridized carbons (Fsp3) is 0.357. The van der Waals surface area contributed by atoms with Crippen LogP contribution < -0.4 is 0 Å². The van der Waals surface area contributed by atoms with Gasteiger partial charge in [-0.2, -0.15) is 10.4 Å². The molecule has 2 heterocycles. The minimum Gasteiger partial charge on any atom is -0.302 e. The first-order chi connectivity index (χ1) is 9.24. The van der Waals surface area contributed by atoms with E-state index in [0.29, 0.717) is 5.56 Å². The molecule has 0 saturated carbocycles. The van der Waals surface area contributed by atoms with Gasteiger partial charge in [-0.15, -0.1) is 0 Å². The molecule has 0 aliphatic heterocycles. The number of aromatic amines is 1. The van der Waals surface area contributed by atoms with Crippen LogP contribution in [0.2, 0.25) is 0 Å². The maximum atomic E-state index is 8.92. The van der Waals surface area contributed by atoms with Gasteiger partial charge in [0.05, 0.1) is 11.3 Å². The van der Waals surface area contributed by atoms with E-state index in [0.717, 1.165) is 36.3 Å². The highest BCUT2D eigenvalue weighted by atomic mass is 15.1. The number of rotatable bonds is 5. The molecule has 0 atom stereocenters. The molecule has 5 nitrogen and oxygen atoms in total. The number of pyridine rings is 1. The molecule has 0 unspecified atom stereocenters. The highest BCUT2D eigenvalue weighted by molar-refractivity contribution is 5.63. The highest BCUT2D eigenvalue weighted by Gasteiger charge is 2.11. The summed E-state index contributed by atoms with van der Waals surface area (Å²) in [5.41, 5.74) is 3.41. The molecule has 0 amide bonds. The first kappa shape index (κ1) is 13.2. The zero-order valence-corrected chi connectivity index (χ0v) is 11.2. The number of nitriles is 1. The molecular formula is C14H17N5. The Morgan fingerprint density at radius 3 is 3.00 bits per heavy atom. The van der Waals surface area contributed by atoms with E-state index >= 15 is 0 Å². The Hall–Kier alpha value is -2.19. The SMILES string of the molecule is CCCN(C)Cc1c[nH]nc1-c1cncc(C#N)c1. The minimum absolute atomic E-state index is 0.549. The highest BCUT2D eigenvalue weighted by Crippen LogP contribution is 2.22. The topological polar surface area (TPSA) is 68.6 Å². The van der Waals surface area contributed by atoms with Gasteiger partial charge in [0.25, 0.3) is 0 Å². The van der Waals surface area contributed by atoms with Gasteiger partial charge in [0.1, 0.15) is 6.07 Å². The van der Waals surface area contributed by atoms with Crippen LogP contribution >= 0.6 is 0 Å². The first-order valence-electron chi connectivity index (χ1n) is 6.31. The van der Waals surface area contributed by atoms with Crippen molar-refractivity contribution in [2.75, 3.05) is 13.6 Å². The molecule has 0 saturated heterocycles. The molecule has 0 radical (unpaired) electrons. The van der Waals surface area contributed by atoms with Crippen LogP contribution in [0.3, 0.4) is 0 Å². The molecule has 0 aromatic carbocycles. The Balaban J connectivity index is 2.26. The molecule has 0 bridgehead atoms. The van der Waals surface area contributed by atoms with Gasteiger partial charge in [-0.3, -0.25) is 10.1 Å². The molecule has 98 valence electrons. The van der Waals surface area contributed by atoms with E-state index in [1.54, 1.807) is 12.4 Å². The average molecular weight is 255 g/mol. The second-order valence-corrected chi connectivity index (χ2v) is 4.57. The van der Waals surface area contributed by atoms with Crippen LogP contribution in [0.4, 0.5) is 0 Å². The number of aromatic nitrogens is 3. The lowest BCUT2D eigenvalue weighted by Gasteiger charge is -2.15. The molecule has 0 aliphatic rings. The van der Waals surface area contributed by atoms with Gasteiger partial charge < -0.3 is 4.90 Å². The molecular weight excluding hydrogens is 238 g/mol. The summed E-state index contributed by atoms with van der Waals surface area (Å²) in [5, 5.41) is 16.1. The number of nitrogens with one attached hydrogen (secondary N) is 1. The van der Waals surface area contributed by atoms with E-state index in [1.165, 1.54) is 0 Å². The lowest BCUT2D eigenvalue weighted by Crippen LogP contribution is -2.18. The summed E-state index contributed by atoms with van der Waals surface area (Å²) in [6.45, 7) is 4.03. The number of nitrogens with zero attached hydrogens (tertiary/aromatic N) is 4. The third-order valence-electron chi connectivity index (χ3n) is 2.91. The standard InChI is InChI=1S/C14H17N5/c1-3-4-19(2)10-13-9-17-18-14(13)12-5-11(6-15)7-16-8-12/h5,7-9H,3-4,10H2,1-2H3,(H,17,18). The maximum absolute atomic E-state index is 8.92. The average Bonchev–Trinajstić information content (AvgIpc) is 2.87. The maximum Gasteiger partial charge on any atom is 0.101 e. The molecule has 2 aromatic heterocycles. The molecule has 2 rings (SSSR count). The third-order valence-corrected chi connectivity index (χ3v) is 2.91. The Kier molecular flexibility index (Phi) is 4.26. The van der Waals surface area contributed by atoms with Crippen LogP contribution in [0, 0.1) is 11.3 Å².